The van der Waals surface area contributed by atoms with Crippen molar-refractivity contribution in [1.82, 2.24) is 4.90 Å². The largest absolute Gasteiger partial charge is 0.338 e. The van der Waals surface area contributed by atoms with Gasteiger partial charge in [0.25, 0.3) is 5.91 Å². The molecule has 2 N–H and O–H groups in total. The second-order valence-corrected chi connectivity index (χ2v) is 6.13. The third-order valence-corrected chi connectivity index (χ3v) is 3.43. The summed E-state index contributed by atoms with van der Waals surface area (Å²) in [5, 5.41) is 0.0193. The molecule has 1 amide bonds. The number of nitrogens with two attached hydrogens (primary N) is 1. The van der Waals surface area contributed by atoms with Crippen LogP contribution in [0.1, 0.15) is 37.6 Å². The van der Waals surface area contributed by atoms with Gasteiger partial charge < -0.3 is 10.6 Å². The predicted molar refractivity (Wildman–Crippen MR) is 80.4 cm³/mol. The Bertz CT molecular complexity index is 477. The molecule has 112 valence electrons. The molecule has 0 spiro atoms. The first-order chi connectivity index (χ1) is 9.30. The summed E-state index contributed by atoms with van der Waals surface area (Å²) in [5.74, 6) is -0.768. The normalized spacial score (nSPS) is 11.5. The summed E-state index contributed by atoms with van der Waals surface area (Å²) in [6.07, 6.45) is 0.836. The molecular formula is C15H22ClFN2O. The molecule has 0 radical (unpaired) electrons. The average molecular weight is 301 g/mol. The minimum absolute atomic E-state index is 0.0193. The van der Waals surface area contributed by atoms with Crippen molar-refractivity contribution >= 4 is 17.5 Å². The molecule has 0 aromatic heterocycles. The lowest BCUT2D eigenvalue weighted by Gasteiger charge is -2.31. The van der Waals surface area contributed by atoms with E-state index >= 15 is 0 Å². The van der Waals surface area contributed by atoms with Crippen LogP contribution in [-0.2, 0) is 0 Å². The highest BCUT2D eigenvalue weighted by molar-refractivity contribution is 6.30. The summed E-state index contributed by atoms with van der Waals surface area (Å²) in [6.45, 7) is 7.65. The zero-order valence-electron chi connectivity index (χ0n) is 12.2. The van der Waals surface area contributed by atoms with E-state index in [1.807, 2.05) is 20.8 Å². The van der Waals surface area contributed by atoms with Crippen LogP contribution in [0.3, 0.4) is 0 Å². The molecule has 1 rings (SSSR count). The molecule has 0 aliphatic heterocycles. The van der Waals surface area contributed by atoms with Crippen LogP contribution in [0.25, 0.3) is 0 Å². The maximum absolute atomic E-state index is 13.5. The summed E-state index contributed by atoms with van der Waals surface area (Å²) in [6, 6.07) is 4.14. The van der Waals surface area contributed by atoms with Crippen LogP contribution in [0.15, 0.2) is 18.2 Å². The van der Waals surface area contributed by atoms with Gasteiger partial charge in [0.1, 0.15) is 5.82 Å². The lowest BCUT2D eigenvalue weighted by molar-refractivity contribution is 0.0689. The van der Waals surface area contributed by atoms with E-state index in [1.54, 1.807) is 11.0 Å². The van der Waals surface area contributed by atoms with Crippen molar-refractivity contribution in [3.63, 3.8) is 0 Å². The highest BCUT2D eigenvalue weighted by Gasteiger charge is 2.24. The zero-order valence-corrected chi connectivity index (χ0v) is 13.0. The number of carbonyl (C=O) groups is 1. The van der Waals surface area contributed by atoms with Crippen molar-refractivity contribution in [2.24, 2.45) is 11.1 Å². The van der Waals surface area contributed by atoms with Gasteiger partial charge in [0, 0.05) is 18.7 Å². The highest BCUT2D eigenvalue weighted by atomic mass is 35.5. The maximum atomic E-state index is 13.5. The SMILES string of the molecule is CCCN(CC(C)(C)CN)C(=O)c1ccc(Cl)c(F)c1. The molecule has 0 saturated carbocycles. The van der Waals surface area contributed by atoms with Crippen molar-refractivity contribution in [3.05, 3.63) is 34.6 Å². The molecule has 1 aromatic rings. The van der Waals surface area contributed by atoms with Crippen molar-refractivity contribution in [2.45, 2.75) is 27.2 Å². The molecule has 0 saturated heterocycles. The molecule has 3 nitrogen and oxygen atoms in total. The minimum atomic E-state index is -0.577. The Morgan fingerprint density at radius 1 is 1.45 bits per heavy atom. The molecule has 0 aliphatic rings. The number of rotatable bonds is 6. The summed E-state index contributed by atoms with van der Waals surface area (Å²) < 4.78 is 13.5. The van der Waals surface area contributed by atoms with E-state index in [4.69, 9.17) is 17.3 Å². The molecular weight excluding hydrogens is 279 g/mol. The van der Waals surface area contributed by atoms with E-state index in [1.165, 1.54) is 12.1 Å². The Balaban J connectivity index is 2.96. The molecule has 0 atom stereocenters. The monoisotopic (exact) mass is 300 g/mol. The zero-order chi connectivity index (χ0) is 15.3. The van der Waals surface area contributed by atoms with E-state index in [0.717, 1.165) is 6.42 Å². The number of amides is 1. The van der Waals surface area contributed by atoms with Gasteiger partial charge >= 0.3 is 0 Å². The fraction of sp³-hybridized carbons (Fsp3) is 0.533. The first kappa shape index (κ1) is 16.9. The van der Waals surface area contributed by atoms with Crippen LogP contribution in [0.2, 0.25) is 5.02 Å². The molecule has 0 heterocycles. The van der Waals surface area contributed by atoms with E-state index < -0.39 is 5.82 Å². The summed E-state index contributed by atoms with van der Waals surface area (Å²) in [4.78, 5) is 14.2. The van der Waals surface area contributed by atoms with Gasteiger partial charge in [0.2, 0.25) is 0 Å². The quantitative estimate of drug-likeness (QED) is 0.876. The van der Waals surface area contributed by atoms with Crippen LogP contribution in [-0.4, -0.2) is 30.4 Å². The third-order valence-electron chi connectivity index (χ3n) is 3.12. The topological polar surface area (TPSA) is 46.3 Å². The van der Waals surface area contributed by atoms with Crippen molar-refractivity contribution in [1.29, 1.82) is 0 Å². The molecule has 20 heavy (non-hydrogen) atoms. The van der Waals surface area contributed by atoms with E-state index in [9.17, 15) is 9.18 Å². The van der Waals surface area contributed by atoms with Crippen LogP contribution in [0.5, 0.6) is 0 Å². The second kappa shape index (κ2) is 7.04. The highest BCUT2D eigenvalue weighted by Crippen LogP contribution is 2.20. The van der Waals surface area contributed by atoms with Gasteiger partial charge in [0.05, 0.1) is 5.02 Å². The standard InChI is InChI=1S/C15H22ClFN2O/c1-4-7-19(10-15(2,3)9-18)14(20)11-5-6-12(16)13(17)8-11/h5-6,8H,4,7,9-10,18H2,1-3H3. The van der Waals surface area contributed by atoms with Gasteiger partial charge in [-0.15, -0.1) is 0 Å². The van der Waals surface area contributed by atoms with Crippen LogP contribution in [0.4, 0.5) is 4.39 Å². The van der Waals surface area contributed by atoms with Gasteiger partial charge in [-0.3, -0.25) is 4.79 Å². The van der Waals surface area contributed by atoms with Gasteiger partial charge in [-0.1, -0.05) is 32.4 Å². The Morgan fingerprint density at radius 2 is 2.10 bits per heavy atom. The fourth-order valence-corrected chi connectivity index (χ4v) is 2.03. The number of nitrogens with zero attached hydrogens (tertiary/aromatic N) is 1. The van der Waals surface area contributed by atoms with E-state index in [-0.39, 0.29) is 16.3 Å². The Hall–Kier alpha value is -1.13. The summed E-state index contributed by atoms with van der Waals surface area (Å²) >= 11 is 5.64. The van der Waals surface area contributed by atoms with Crippen molar-refractivity contribution in [3.8, 4) is 0 Å². The molecule has 5 heteroatoms. The van der Waals surface area contributed by atoms with Crippen molar-refractivity contribution < 1.29 is 9.18 Å². The first-order valence-corrected chi connectivity index (χ1v) is 7.13. The molecule has 1 aromatic carbocycles. The fourth-order valence-electron chi connectivity index (χ4n) is 1.92. The third kappa shape index (κ3) is 4.46. The minimum Gasteiger partial charge on any atom is -0.338 e. The summed E-state index contributed by atoms with van der Waals surface area (Å²) in [7, 11) is 0. The van der Waals surface area contributed by atoms with Crippen molar-refractivity contribution in [2.75, 3.05) is 19.6 Å². The summed E-state index contributed by atoms with van der Waals surface area (Å²) in [5.41, 5.74) is 5.86. The Morgan fingerprint density at radius 3 is 2.60 bits per heavy atom. The van der Waals surface area contributed by atoms with Crippen LogP contribution >= 0.6 is 11.6 Å². The number of hydrogen-bond acceptors (Lipinski definition) is 2. The van der Waals surface area contributed by atoms with Gasteiger partial charge in [0.15, 0.2) is 0 Å². The molecule has 0 aliphatic carbocycles. The Labute approximate surface area is 124 Å². The van der Waals surface area contributed by atoms with Gasteiger partial charge in [-0.2, -0.15) is 0 Å². The van der Waals surface area contributed by atoms with Crippen LogP contribution < -0.4 is 5.73 Å². The number of halogens is 2. The lowest BCUT2D eigenvalue weighted by atomic mass is 9.92. The van der Waals surface area contributed by atoms with Gasteiger partial charge in [-0.05, 0) is 36.6 Å². The molecule has 0 fully saturated rings. The van der Waals surface area contributed by atoms with Gasteiger partial charge in [-0.25, -0.2) is 4.39 Å². The number of hydrogen-bond donors (Lipinski definition) is 1. The van der Waals surface area contributed by atoms with E-state index in [0.29, 0.717) is 25.2 Å². The first-order valence-electron chi connectivity index (χ1n) is 6.75. The predicted octanol–water partition coefficient (Wildman–Crippen LogP) is 3.32. The van der Waals surface area contributed by atoms with Crippen LogP contribution in [0, 0.1) is 11.2 Å². The number of carbonyl (C=O) groups excluding carboxylic acids is 1. The smallest absolute Gasteiger partial charge is 0.253 e. The average Bonchev–Trinajstić information content (AvgIpc) is 2.40. The lowest BCUT2D eigenvalue weighted by Crippen LogP contribution is -2.42. The molecule has 0 unspecified atom stereocenters. The van der Waals surface area contributed by atoms with E-state index in [2.05, 4.69) is 0 Å². The second-order valence-electron chi connectivity index (χ2n) is 5.72. The Kier molecular flexibility index (Phi) is 5.96. The maximum Gasteiger partial charge on any atom is 0.253 e. The molecule has 0 bridgehead atoms. The number of benzene rings is 1.